The average Bonchev–Trinajstić information content (AvgIpc) is 3.36. The first kappa shape index (κ1) is 38.4. The van der Waals surface area contributed by atoms with E-state index >= 15 is 0 Å². The van der Waals surface area contributed by atoms with Crippen LogP contribution in [0.2, 0.25) is 0 Å². The fourth-order valence-corrected chi connectivity index (χ4v) is 6.75. The first-order valence-electron chi connectivity index (χ1n) is 19.5. The van der Waals surface area contributed by atoms with E-state index in [1.165, 1.54) is 212 Å². The SMILES string of the molecule is CCCCCCCCCCCCCCCCCCN1C=CN(CCCCCCCCCCCCCCC)C1CCC. The molecule has 0 N–H and O–H groups in total. The van der Waals surface area contributed by atoms with E-state index < -0.39 is 0 Å². The lowest BCUT2D eigenvalue weighted by Crippen LogP contribution is -2.39. The average molecular weight is 575 g/mol. The minimum atomic E-state index is 0.633. The Balaban J connectivity index is 1.93. The van der Waals surface area contributed by atoms with Crippen LogP contribution in [-0.4, -0.2) is 29.1 Å². The maximum atomic E-state index is 2.66. The molecule has 1 aliphatic heterocycles. The van der Waals surface area contributed by atoms with Gasteiger partial charge in [0.2, 0.25) is 0 Å². The van der Waals surface area contributed by atoms with Crippen molar-refractivity contribution in [2.75, 3.05) is 13.1 Å². The van der Waals surface area contributed by atoms with E-state index in [1.807, 2.05) is 0 Å². The Morgan fingerprint density at radius 1 is 0.317 bits per heavy atom. The van der Waals surface area contributed by atoms with Gasteiger partial charge < -0.3 is 9.80 Å². The summed E-state index contributed by atoms with van der Waals surface area (Å²) in [6.07, 6.45) is 50.0. The lowest BCUT2D eigenvalue weighted by atomic mass is 10.0. The Morgan fingerprint density at radius 2 is 0.561 bits per heavy atom. The summed E-state index contributed by atoms with van der Waals surface area (Å²) >= 11 is 0. The van der Waals surface area contributed by atoms with Gasteiger partial charge in [-0.2, -0.15) is 0 Å². The smallest absolute Gasteiger partial charge is 0.101 e. The van der Waals surface area contributed by atoms with Gasteiger partial charge in [-0.3, -0.25) is 0 Å². The molecule has 0 bridgehead atoms. The third kappa shape index (κ3) is 23.5. The molecule has 244 valence electrons. The largest absolute Gasteiger partial charge is 0.356 e. The zero-order chi connectivity index (χ0) is 29.5. The van der Waals surface area contributed by atoms with E-state index in [1.54, 1.807) is 0 Å². The van der Waals surface area contributed by atoms with Crippen LogP contribution in [0.15, 0.2) is 12.4 Å². The van der Waals surface area contributed by atoms with Crippen LogP contribution in [0.3, 0.4) is 0 Å². The molecule has 0 aliphatic carbocycles. The highest BCUT2D eigenvalue weighted by Gasteiger charge is 2.24. The first-order valence-corrected chi connectivity index (χ1v) is 19.5. The molecule has 1 atom stereocenters. The van der Waals surface area contributed by atoms with Crippen LogP contribution in [0.1, 0.15) is 220 Å². The molecule has 1 rings (SSSR count). The van der Waals surface area contributed by atoms with Crippen molar-refractivity contribution >= 4 is 0 Å². The van der Waals surface area contributed by atoms with Crippen LogP contribution in [0.5, 0.6) is 0 Å². The Hall–Kier alpha value is -0.660. The van der Waals surface area contributed by atoms with Crippen LogP contribution < -0.4 is 0 Å². The quantitative estimate of drug-likeness (QED) is 0.0719. The Labute approximate surface area is 260 Å². The predicted octanol–water partition coefficient (Wildman–Crippen LogP) is 13.6. The highest BCUT2D eigenvalue weighted by molar-refractivity contribution is 4.96. The van der Waals surface area contributed by atoms with Gasteiger partial charge >= 0.3 is 0 Å². The maximum Gasteiger partial charge on any atom is 0.101 e. The topological polar surface area (TPSA) is 6.48 Å². The second-order valence-electron chi connectivity index (χ2n) is 13.6. The van der Waals surface area contributed by atoms with E-state index in [0.717, 1.165) is 0 Å². The molecular weight excluding hydrogens is 496 g/mol. The lowest BCUT2D eigenvalue weighted by molar-refractivity contribution is 0.138. The Morgan fingerprint density at radius 3 is 0.805 bits per heavy atom. The lowest BCUT2D eigenvalue weighted by Gasteiger charge is -2.33. The minimum absolute atomic E-state index is 0.633. The molecule has 0 aromatic rings. The van der Waals surface area contributed by atoms with Gasteiger partial charge in [-0.15, -0.1) is 0 Å². The van der Waals surface area contributed by atoms with Crippen molar-refractivity contribution < 1.29 is 0 Å². The normalized spacial score (nSPS) is 15.0. The number of hydrogen-bond donors (Lipinski definition) is 0. The first-order chi connectivity index (χ1) is 20.3. The van der Waals surface area contributed by atoms with Gasteiger partial charge in [0.05, 0.1) is 0 Å². The van der Waals surface area contributed by atoms with Crippen LogP contribution >= 0.6 is 0 Å². The van der Waals surface area contributed by atoms with Gasteiger partial charge in [0.15, 0.2) is 0 Å². The molecule has 0 radical (unpaired) electrons. The molecule has 1 heterocycles. The molecule has 0 spiro atoms. The fraction of sp³-hybridized carbons (Fsp3) is 0.949. The van der Waals surface area contributed by atoms with Crippen LogP contribution in [0.25, 0.3) is 0 Å². The minimum Gasteiger partial charge on any atom is -0.356 e. The molecule has 0 aromatic heterocycles. The van der Waals surface area contributed by atoms with Crippen molar-refractivity contribution in [3.05, 3.63) is 12.4 Å². The predicted molar refractivity (Wildman–Crippen MR) is 186 cm³/mol. The molecule has 41 heavy (non-hydrogen) atoms. The molecule has 0 amide bonds. The highest BCUT2D eigenvalue weighted by Crippen LogP contribution is 2.23. The van der Waals surface area contributed by atoms with Gasteiger partial charge in [-0.1, -0.05) is 201 Å². The molecular formula is C39H78N2. The number of rotatable bonds is 33. The van der Waals surface area contributed by atoms with Gasteiger partial charge in [-0.05, 0) is 19.3 Å². The van der Waals surface area contributed by atoms with Crippen LogP contribution in [0, 0.1) is 0 Å². The van der Waals surface area contributed by atoms with Crippen molar-refractivity contribution in [2.24, 2.45) is 0 Å². The molecule has 0 saturated carbocycles. The molecule has 1 aliphatic rings. The summed E-state index contributed by atoms with van der Waals surface area (Å²) in [4.78, 5) is 5.32. The van der Waals surface area contributed by atoms with Gasteiger partial charge in [-0.25, -0.2) is 0 Å². The van der Waals surface area contributed by atoms with Crippen LogP contribution in [0.4, 0.5) is 0 Å². The number of nitrogens with zero attached hydrogens (tertiary/aromatic N) is 2. The van der Waals surface area contributed by atoms with Crippen molar-refractivity contribution in [3.8, 4) is 0 Å². The van der Waals surface area contributed by atoms with E-state index in [-0.39, 0.29) is 0 Å². The molecule has 1 unspecified atom stereocenters. The van der Waals surface area contributed by atoms with Crippen molar-refractivity contribution in [2.45, 2.75) is 226 Å². The van der Waals surface area contributed by atoms with Crippen molar-refractivity contribution in [1.29, 1.82) is 0 Å². The van der Waals surface area contributed by atoms with E-state index in [9.17, 15) is 0 Å². The maximum absolute atomic E-state index is 2.66. The van der Waals surface area contributed by atoms with E-state index in [0.29, 0.717) is 6.17 Å². The third-order valence-electron chi connectivity index (χ3n) is 9.55. The second-order valence-corrected chi connectivity index (χ2v) is 13.6. The van der Waals surface area contributed by atoms with Gasteiger partial charge in [0.25, 0.3) is 0 Å². The summed E-state index contributed by atoms with van der Waals surface area (Å²) in [6.45, 7) is 9.49. The van der Waals surface area contributed by atoms with Gasteiger partial charge in [0, 0.05) is 25.5 Å². The summed E-state index contributed by atoms with van der Waals surface area (Å²) in [5.41, 5.74) is 0. The summed E-state index contributed by atoms with van der Waals surface area (Å²) in [5, 5.41) is 0. The van der Waals surface area contributed by atoms with Crippen molar-refractivity contribution in [1.82, 2.24) is 9.80 Å². The Kier molecular flexibility index (Phi) is 28.8. The fourth-order valence-electron chi connectivity index (χ4n) is 6.75. The molecule has 0 saturated heterocycles. The highest BCUT2D eigenvalue weighted by atomic mass is 15.4. The standard InChI is InChI=1S/C39H78N2/c1-4-7-9-11-13-15-17-19-20-21-23-25-27-29-31-33-36-41-38-37-40(39(41)34-6-3)35-32-30-28-26-24-22-18-16-14-12-10-8-5-2/h37-39H,4-36H2,1-3H3. The third-order valence-corrected chi connectivity index (χ3v) is 9.55. The molecule has 0 fully saturated rings. The number of hydrogen-bond acceptors (Lipinski definition) is 2. The summed E-state index contributed by atoms with van der Waals surface area (Å²) in [6, 6.07) is 0. The van der Waals surface area contributed by atoms with Crippen molar-refractivity contribution in [3.63, 3.8) is 0 Å². The second kappa shape index (κ2) is 30.8. The summed E-state index contributed by atoms with van der Waals surface area (Å²) in [7, 11) is 0. The summed E-state index contributed by atoms with van der Waals surface area (Å²) < 4.78 is 0. The van der Waals surface area contributed by atoms with Gasteiger partial charge in [0.1, 0.15) is 6.17 Å². The molecule has 0 aromatic carbocycles. The number of unbranched alkanes of at least 4 members (excludes halogenated alkanes) is 27. The zero-order valence-electron chi connectivity index (χ0n) is 29.0. The summed E-state index contributed by atoms with van der Waals surface area (Å²) in [5.74, 6) is 0. The van der Waals surface area contributed by atoms with E-state index in [4.69, 9.17) is 0 Å². The van der Waals surface area contributed by atoms with Crippen LogP contribution in [-0.2, 0) is 0 Å². The molecule has 2 nitrogen and oxygen atoms in total. The van der Waals surface area contributed by atoms with E-state index in [2.05, 4.69) is 43.0 Å². The Bertz CT molecular complexity index is 530. The monoisotopic (exact) mass is 575 g/mol. The molecule has 2 heteroatoms. The zero-order valence-corrected chi connectivity index (χ0v) is 29.0.